The number of nitrogens with zero attached hydrogens (tertiary/aromatic N) is 2. The van der Waals surface area contributed by atoms with Gasteiger partial charge in [0, 0.05) is 0 Å². The Bertz CT molecular complexity index is 1020. The number of nitrogens with two attached hydrogens (primary N) is 1. The van der Waals surface area contributed by atoms with Gasteiger partial charge in [0.15, 0.2) is 6.61 Å². The van der Waals surface area contributed by atoms with Crippen LogP contribution in [0.25, 0.3) is 10.7 Å². The molecule has 2 heterocycles. The molecule has 3 rings (SSSR count). The van der Waals surface area contributed by atoms with Gasteiger partial charge in [-0.2, -0.15) is 4.98 Å². The summed E-state index contributed by atoms with van der Waals surface area (Å²) in [5, 5.41) is 10.7. The summed E-state index contributed by atoms with van der Waals surface area (Å²) < 4.78 is 32.8. The van der Waals surface area contributed by atoms with Crippen LogP contribution in [0.5, 0.6) is 0 Å². The Hall–Kier alpha value is -2.27. The van der Waals surface area contributed by atoms with Crippen molar-refractivity contribution in [2.45, 2.75) is 11.5 Å². The molecule has 0 saturated heterocycles. The number of primary sulfonamides is 1. The van der Waals surface area contributed by atoms with Gasteiger partial charge in [-0.15, -0.1) is 11.3 Å². The summed E-state index contributed by atoms with van der Waals surface area (Å²) in [5.74, 6) is -0.364. The fraction of sp³-hybridized carbons (Fsp3) is 0.0714. The van der Waals surface area contributed by atoms with Crippen LogP contribution in [0.3, 0.4) is 0 Å². The third kappa shape index (κ3) is 4.04. The number of benzene rings is 1. The van der Waals surface area contributed by atoms with E-state index in [0.29, 0.717) is 5.82 Å². The first-order valence-corrected chi connectivity index (χ1v) is 9.51. The van der Waals surface area contributed by atoms with Gasteiger partial charge in [0.25, 0.3) is 5.89 Å². The van der Waals surface area contributed by atoms with E-state index in [9.17, 15) is 13.2 Å². The summed E-state index contributed by atoms with van der Waals surface area (Å²) in [7, 11) is -3.97. The van der Waals surface area contributed by atoms with Gasteiger partial charge in [-0.05, 0) is 29.6 Å². The van der Waals surface area contributed by atoms with Crippen LogP contribution in [0.2, 0.25) is 5.02 Å². The molecule has 0 amide bonds. The second-order valence-corrected chi connectivity index (χ2v) is 7.67. The van der Waals surface area contributed by atoms with Crippen molar-refractivity contribution in [3.63, 3.8) is 0 Å². The number of sulfonamides is 1. The molecule has 2 aromatic heterocycles. The number of ether oxygens (including phenoxy) is 1. The zero-order chi connectivity index (χ0) is 18.0. The molecule has 0 fully saturated rings. The fourth-order valence-corrected chi connectivity index (χ4v) is 3.25. The van der Waals surface area contributed by atoms with Gasteiger partial charge in [-0.3, -0.25) is 0 Å². The number of thiophene rings is 1. The Morgan fingerprint density at radius 2 is 2.16 bits per heavy atom. The zero-order valence-corrected chi connectivity index (χ0v) is 14.8. The Kier molecular flexibility index (Phi) is 4.86. The van der Waals surface area contributed by atoms with Gasteiger partial charge in [-0.1, -0.05) is 22.8 Å². The van der Waals surface area contributed by atoms with E-state index in [4.69, 9.17) is 26.0 Å². The van der Waals surface area contributed by atoms with E-state index >= 15 is 0 Å². The molecule has 3 aromatic rings. The summed E-state index contributed by atoms with van der Waals surface area (Å²) in [5.41, 5.74) is -0.133. The number of esters is 1. The minimum atomic E-state index is -3.97. The Morgan fingerprint density at radius 3 is 2.84 bits per heavy atom. The fourth-order valence-electron chi connectivity index (χ4n) is 1.86. The van der Waals surface area contributed by atoms with E-state index in [1.165, 1.54) is 23.5 Å². The van der Waals surface area contributed by atoms with Gasteiger partial charge in [0.1, 0.15) is 0 Å². The minimum absolute atomic E-state index is 0.0298. The number of hydrogen-bond donors (Lipinski definition) is 1. The van der Waals surface area contributed by atoms with Gasteiger partial charge in [-0.25, -0.2) is 18.4 Å². The summed E-state index contributed by atoms with van der Waals surface area (Å²) >= 11 is 7.35. The first kappa shape index (κ1) is 17.5. The van der Waals surface area contributed by atoms with Crippen LogP contribution in [-0.4, -0.2) is 24.5 Å². The molecule has 0 aliphatic carbocycles. The molecule has 0 unspecified atom stereocenters. The quantitative estimate of drug-likeness (QED) is 0.653. The number of halogens is 1. The van der Waals surface area contributed by atoms with Crippen LogP contribution < -0.4 is 5.14 Å². The highest BCUT2D eigenvalue weighted by Gasteiger charge is 2.18. The average Bonchev–Trinajstić information content (AvgIpc) is 3.23. The molecule has 0 aliphatic rings. The average molecular weight is 400 g/mol. The third-order valence-corrected chi connectivity index (χ3v) is 5.13. The van der Waals surface area contributed by atoms with Crippen LogP contribution in [-0.2, 0) is 21.4 Å². The molecule has 0 bridgehead atoms. The standard InChI is InChI=1S/C14H10ClN3O5S2/c15-10-4-3-8(25(16,20)21)6-9(10)14(19)22-7-12-17-13(18-23-12)11-2-1-5-24-11/h1-6H,7H2,(H2,16,20,21). The van der Waals surface area contributed by atoms with E-state index in [1.807, 2.05) is 17.5 Å². The molecule has 0 radical (unpaired) electrons. The first-order valence-electron chi connectivity index (χ1n) is 6.70. The van der Waals surface area contributed by atoms with Crippen LogP contribution in [0.15, 0.2) is 45.1 Å². The largest absolute Gasteiger partial charge is 0.452 e. The maximum absolute atomic E-state index is 12.1. The van der Waals surface area contributed by atoms with Gasteiger partial charge in [0.2, 0.25) is 15.8 Å². The highest BCUT2D eigenvalue weighted by Crippen LogP contribution is 2.23. The van der Waals surface area contributed by atoms with Crippen LogP contribution in [0.4, 0.5) is 0 Å². The monoisotopic (exact) mass is 399 g/mol. The van der Waals surface area contributed by atoms with Crippen molar-refractivity contribution in [3.8, 4) is 10.7 Å². The lowest BCUT2D eigenvalue weighted by Crippen LogP contribution is -2.14. The van der Waals surface area contributed by atoms with Gasteiger partial charge < -0.3 is 9.26 Å². The number of hydrogen-bond acceptors (Lipinski definition) is 8. The Labute approximate surface area is 151 Å². The summed E-state index contributed by atoms with van der Waals surface area (Å²) in [6.07, 6.45) is 0. The number of carbonyl (C=O) groups excluding carboxylic acids is 1. The molecule has 25 heavy (non-hydrogen) atoms. The number of carbonyl (C=O) groups is 1. The van der Waals surface area contributed by atoms with Crippen LogP contribution >= 0.6 is 22.9 Å². The number of rotatable bonds is 5. The van der Waals surface area contributed by atoms with Crippen molar-refractivity contribution >= 4 is 38.9 Å². The van der Waals surface area contributed by atoms with Crippen molar-refractivity contribution < 1.29 is 22.5 Å². The molecule has 11 heteroatoms. The molecular formula is C14H10ClN3O5S2. The molecule has 1 aromatic carbocycles. The Morgan fingerprint density at radius 1 is 1.36 bits per heavy atom. The Balaban J connectivity index is 1.73. The van der Waals surface area contributed by atoms with E-state index in [2.05, 4.69) is 10.1 Å². The maximum Gasteiger partial charge on any atom is 0.340 e. The highest BCUT2D eigenvalue weighted by atomic mass is 35.5. The van der Waals surface area contributed by atoms with E-state index < -0.39 is 16.0 Å². The summed E-state index contributed by atoms with van der Waals surface area (Å²) in [6, 6.07) is 7.16. The summed E-state index contributed by atoms with van der Waals surface area (Å²) in [4.78, 5) is 16.8. The summed E-state index contributed by atoms with van der Waals surface area (Å²) in [6.45, 7) is -0.285. The number of aromatic nitrogens is 2. The van der Waals surface area contributed by atoms with Crippen LogP contribution in [0, 0.1) is 0 Å². The highest BCUT2D eigenvalue weighted by molar-refractivity contribution is 7.89. The molecule has 8 nitrogen and oxygen atoms in total. The second kappa shape index (κ2) is 6.92. The molecule has 0 saturated carbocycles. The molecular weight excluding hydrogens is 390 g/mol. The third-order valence-electron chi connectivity index (χ3n) is 3.02. The first-order chi connectivity index (χ1) is 11.8. The van der Waals surface area contributed by atoms with Crippen molar-refractivity contribution in [2.75, 3.05) is 0 Å². The van der Waals surface area contributed by atoms with Crippen molar-refractivity contribution in [2.24, 2.45) is 5.14 Å². The predicted octanol–water partition coefficient (Wildman–Crippen LogP) is 2.46. The van der Waals surface area contributed by atoms with Gasteiger partial charge in [0.05, 0.1) is 20.4 Å². The van der Waals surface area contributed by atoms with Crippen molar-refractivity contribution in [1.82, 2.24) is 10.1 Å². The zero-order valence-electron chi connectivity index (χ0n) is 12.4. The predicted molar refractivity (Wildman–Crippen MR) is 89.6 cm³/mol. The van der Waals surface area contributed by atoms with E-state index in [1.54, 1.807) is 0 Å². The SMILES string of the molecule is NS(=O)(=O)c1ccc(Cl)c(C(=O)OCc2nc(-c3cccs3)no2)c1. The molecule has 0 spiro atoms. The molecule has 0 atom stereocenters. The molecule has 0 aliphatic heterocycles. The second-order valence-electron chi connectivity index (χ2n) is 4.75. The van der Waals surface area contributed by atoms with Crippen LogP contribution in [0.1, 0.15) is 16.2 Å². The molecule has 2 N–H and O–H groups in total. The lowest BCUT2D eigenvalue weighted by molar-refractivity contribution is 0.0429. The van der Waals surface area contributed by atoms with Crippen molar-refractivity contribution in [3.05, 3.63) is 52.2 Å². The lowest BCUT2D eigenvalue weighted by Gasteiger charge is -2.06. The van der Waals surface area contributed by atoms with E-state index in [-0.39, 0.29) is 28.0 Å². The van der Waals surface area contributed by atoms with Gasteiger partial charge >= 0.3 is 5.97 Å². The van der Waals surface area contributed by atoms with E-state index in [0.717, 1.165) is 10.9 Å². The molecule has 130 valence electrons. The van der Waals surface area contributed by atoms with Crippen molar-refractivity contribution in [1.29, 1.82) is 0 Å². The topological polar surface area (TPSA) is 125 Å². The lowest BCUT2D eigenvalue weighted by atomic mass is 10.2. The maximum atomic E-state index is 12.1. The minimum Gasteiger partial charge on any atom is -0.452 e. The normalized spacial score (nSPS) is 11.4. The smallest absolute Gasteiger partial charge is 0.340 e.